The van der Waals surface area contributed by atoms with Gasteiger partial charge in [0, 0.05) is 12.6 Å². The van der Waals surface area contributed by atoms with Gasteiger partial charge in [-0.05, 0) is 18.9 Å². The maximum absolute atomic E-state index is 11.9. The lowest BCUT2D eigenvalue weighted by Crippen LogP contribution is -2.12. The molecule has 2 rings (SSSR count). The van der Waals surface area contributed by atoms with Gasteiger partial charge in [0.2, 0.25) is 0 Å². The van der Waals surface area contributed by atoms with Gasteiger partial charge in [0.25, 0.3) is 11.6 Å². The summed E-state index contributed by atoms with van der Waals surface area (Å²) in [5.74, 6) is 0. The zero-order valence-electron chi connectivity index (χ0n) is 10.4. The van der Waals surface area contributed by atoms with E-state index in [4.69, 9.17) is 4.74 Å². The summed E-state index contributed by atoms with van der Waals surface area (Å²) in [6.07, 6.45) is -1.90. The summed E-state index contributed by atoms with van der Waals surface area (Å²) in [7, 11) is 0. The Morgan fingerprint density at radius 2 is 2.10 bits per heavy atom. The highest BCUT2D eigenvalue weighted by atomic mass is 19.4. The third-order valence-electron chi connectivity index (χ3n) is 2.58. The zero-order chi connectivity index (χ0) is 14.6. The first-order valence-corrected chi connectivity index (χ1v) is 5.99. The average Bonchev–Trinajstić information content (AvgIpc) is 2.37. The van der Waals surface area contributed by atoms with Crippen LogP contribution in [0.5, 0.6) is 6.01 Å². The molecule has 0 bridgehead atoms. The van der Waals surface area contributed by atoms with Crippen molar-refractivity contribution in [3.63, 3.8) is 0 Å². The van der Waals surface area contributed by atoms with Crippen LogP contribution in [-0.4, -0.2) is 27.7 Å². The van der Waals surface area contributed by atoms with Gasteiger partial charge in [0.05, 0.1) is 23.7 Å². The minimum Gasteiger partial charge on any atom is -0.465 e. The number of hydrogen-bond acceptors (Lipinski definition) is 4. The Balaban J connectivity index is 1.92. The molecule has 2 aromatic rings. The maximum atomic E-state index is 11.9. The molecule has 0 atom stereocenters. The molecule has 20 heavy (non-hydrogen) atoms. The summed E-state index contributed by atoms with van der Waals surface area (Å²) < 4.78 is 40.9. The van der Waals surface area contributed by atoms with Crippen LogP contribution in [0.15, 0.2) is 23.3 Å². The van der Waals surface area contributed by atoms with Crippen LogP contribution in [0.4, 0.5) is 13.2 Å². The number of rotatable bonds is 5. The van der Waals surface area contributed by atoms with Gasteiger partial charge in [-0.25, -0.2) is 0 Å². The largest absolute Gasteiger partial charge is 0.465 e. The van der Waals surface area contributed by atoms with Crippen molar-refractivity contribution in [1.82, 2.24) is 15.0 Å². The number of H-pyrrole nitrogens is 1. The van der Waals surface area contributed by atoms with Gasteiger partial charge >= 0.3 is 6.18 Å². The molecule has 0 aromatic carbocycles. The van der Waals surface area contributed by atoms with Crippen molar-refractivity contribution in [3.8, 4) is 6.01 Å². The summed E-state index contributed by atoms with van der Waals surface area (Å²) in [5.41, 5.74) is 0.00392. The number of ether oxygens (including phenoxy) is 1. The molecule has 0 aliphatic carbocycles. The monoisotopic (exact) mass is 287 g/mol. The Morgan fingerprint density at radius 1 is 1.30 bits per heavy atom. The molecule has 0 aliphatic heterocycles. The number of hydrogen-bond donors (Lipinski definition) is 1. The lowest BCUT2D eigenvalue weighted by atomic mass is 10.2. The molecule has 0 saturated carbocycles. The molecule has 0 fully saturated rings. The van der Waals surface area contributed by atoms with E-state index in [1.54, 1.807) is 0 Å². The second kappa shape index (κ2) is 5.89. The quantitative estimate of drug-likeness (QED) is 0.858. The van der Waals surface area contributed by atoms with E-state index in [1.165, 1.54) is 18.5 Å². The topological polar surface area (TPSA) is 67.9 Å². The van der Waals surface area contributed by atoms with Crippen LogP contribution in [0.2, 0.25) is 0 Å². The Kier molecular flexibility index (Phi) is 4.21. The Bertz CT molecular complexity index is 640. The lowest BCUT2D eigenvalue weighted by Gasteiger charge is -2.07. The standard InChI is InChI=1S/C12H12F3N3O2/c13-12(14,15)4-1-2-6-20-11-17-9-7-16-5-3-8(9)10(19)18-11/h3,5,7H,1-2,4,6H2,(H,17,18,19). The Morgan fingerprint density at radius 3 is 2.85 bits per heavy atom. The molecule has 1 N–H and O–H groups in total. The number of nitrogens with one attached hydrogen (secondary N) is 1. The van der Waals surface area contributed by atoms with E-state index in [1.807, 2.05) is 0 Å². The van der Waals surface area contributed by atoms with Crippen LogP contribution in [0.1, 0.15) is 19.3 Å². The van der Waals surface area contributed by atoms with E-state index in [2.05, 4.69) is 15.0 Å². The van der Waals surface area contributed by atoms with Gasteiger partial charge in [-0.2, -0.15) is 18.2 Å². The smallest absolute Gasteiger partial charge is 0.389 e. The van der Waals surface area contributed by atoms with E-state index < -0.39 is 12.6 Å². The van der Waals surface area contributed by atoms with Crippen LogP contribution in [0.25, 0.3) is 10.9 Å². The zero-order valence-corrected chi connectivity index (χ0v) is 10.4. The first-order valence-electron chi connectivity index (χ1n) is 5.99. The Labute approximate surface area is 111 Å². The van der Waals surface area contributed by atoms with Crippen molar-refractivity contribution in [2.24, 2.45) is 0 Å². The summed E-state index contributed by atoms with van der Waals surface area (Å²) in [6.45, 7) is 0.0603. The fraction of sp³-hybridized carbons (Fsp3) is 0.417. The summed E-state index contributed by atoms with van der Waals surface area (Å²) in [5, 5.41) is 0.379. The maximum Gasteiger partial charge on any atom is 0.389 e. The first-order chi connectivity index (χ1) is 9.46. The highest BCUT2D eigenvalue weighted by Gasteiger charge is 2.25. The predicted molar refractivity (Wildman–Crippen MR) is 65.6 cm³/mol. The van der Waals surface area contributed by atoms with E-state index in [-0.39, 0.29) is 31.0 Å². The summed E-state index contributed by atoms with van der Waals surface area (Å²) >= 11 is 0. The van der Waals surface area contributed by atoms with E-state index in [9.17, 15) is 18.0 Å². The molecule has 0 radical (unpaired) electrons. The number of pyridine rings is 1. The third kappa shape index (κ3) is 3.94. The molecule has 5 nitrogen and oxygen atoms in total. The molecular weight excluding hydrogens is 275 g/mol. The van der Waals surface area contributed by atoms with Gasteiger partial charge in [-0.3, -0.25) is 14.8 Å². The molecule has 2 heterocycles. The van der Waals surface area contributed by atoms with Crippen molar-refractivity contribution in [2.45, 2.75) is 25.4 Å². The van der Waals surface area contributed by atoms with Crippen molar-refractivity contribution >= 4 is 10.9 Å². The molecule has 8 heteroatoms. The fourth-order valence-electron chi connectivity index (χ4n) is 1.63. The second-order valence-corrected chi connectivity index (χ2v) is 4.18. The second-order valence-electron chi connectivity index (χ2n) is 4.18. The first kappa shape index (κ1) is 14.3. The van der Waals surface area contributed by atoms with Crippen molar-refractivity contribution in [1.29, 1.82) is 0 Å². The van der Waals surface area contributed by atoms with Crippen molar-refractivity contribution in [2.75, 3.05) is 6.61 Å². The van der Waals surface area contributed by atoms with Gasteiger partial charge in [0.1, 0.15) is 0 Å². The predicted octanol–water partition coefficient (Wildman–Crippen LogP) is 2.43. The van der Waals surface area contributed by atoms with Crippen LogP contribution < -0.4 is 10.3 Å². The van der Waals surface area contributed by atoms with Crippen molar-refractivity contribution in [3.05, 3.63) is 28.8 Å². The average molecular weight is 287 g/mol. The van der Waals surface area contributed by atoms with Gasteiger partial charge < -0.3 is 4.74 Å². The number of alkyl halides is 3. The van der Waals surface area contributed by atoms with Crippen LogP contribution in [0, 0.1) is 0 Å². The highest BCUT2D eigenvalue weighted by molar-refractivity contribution is 5.76. The van der Waals surface area contributed by atoms with E-state index >= 15 is 0 Å². The molecule has 2 aromatic heterocycles. The number of halogens is 3. The van der Waals surface area contributed by atoms with Crippen molar-refractivity contribution < 1.29 is 17.9 Å². The molecular formula is C12H12F3N3O2. The minimum absolute atomic E-state index is 0.0116. The summed E-state index contributed by atoms with van der Waals surface area (Å²) in [6, 6.07) is 1.51. The van der Waals surface area contributed by atoms with Crippen LogP contribution in [0.3, 0.4) is 0 Å². The normalized spacial score (nSPS) is 11.8. The van der Waals surface area contributed by atoms with Crippen LogP contribution in [-0.2, 0) is 0 Å². The van der Waals surface area contributed by atoms with Gasteiger partial charge in [-0.1, -0.05) is 0 Å². The van der Waals surface area contributed by atoms with Crippen LogP contribution >= 0.6 is 0 Å². The lowest BCUT2D eigenvalue weighted by molar-refractivity contribution is -0.135. The number of aromatic nitrogens is 3. The number of unbranched alkanes of at least 4 members (excludes halogenated alkanes) is 1. The molecule has 0 saturated heterocycles. The van der Waals surface area contributed by atoms with Gasteiger partial charge in [-0.15, -0.1) is 0 Å². The Hall–Kier alpha value is -2.12. The molecule has 108 valence electrons. The number of nitrogens with zero attached hydrogens (tertiary/aromatic N) is 2. The number of fused-ring (bicyclic) bond motifs is 1. The van der Waals surface area contributed by atoms with E-state index in [0.717, 1.165) is 0 Å². The minimum atomic E-state index is -4.15. The highest BCUT2D eigenvalue weighted by Crippen LogP contribution is 2.22. The number of aromatic amines is 1. The fourth-order valence-corrected chi connectivity index (χ4v) is 1.63. The third-order valence-corrected chi connectivity index (χ3v) is 2.58. The molecule has 0 amide bonds. The summed E-state index contributed by atoms with van der Waals surface area (Å²) in [4.78, 5) is 21.9. The molecule has 0 aliphatic rings. The van der Waals surface area contributed by atoms with E-state index in [0.29, 0.717) is 10.9 Å². The van der Waals surface area contributed by atoms with Gasteiger partial charge in [0.15, 0.2) is 0 Å². The SMILES string of the molecule is O=c1[nH]c(OCCCCC(F)(F)F)nc2cnccc12. The molecule has 0 spiro atoms. The molecule has 0 unspecified atom stereocenters.